The molecule has 138 valence electrons. The van der Waals surface area contributed by atoms with Crippen LogP contribution in [-0.4, -0.2) is 32.9 Å². The van der Waals surface area contributed by atoms with E-state index in [2.05, 4.69) is 5.32 Å². The van der Waals surface area contributed by atoms with Crippen molar-refractivity contribution in [2.45, 2.75) is 13.3 Å². The molecule has 8 heteroatoms. The van der Waals surface area contributed by atoms with Crippen LogP contribution in [0.25, 0.3) is 0 Å². The van der Waals surface area contributed by atoms with Gasteiger partial charge in [0, 0.05) is 24.2 Å². The van der Waals surface area contributed by atoms with Gasteiger partial charge < -0.3 is 5.32 Å². The van der Waals surface area contributed by atoms with Crippen LogP contribution >= 0.6 is 0 Å². The Morgan fingerprint density at radius 3 is 2.12 bits per heavy atom. The van der Waals surface area contributed by atoms with Gasteiger partial charge in [0.25, 0.3) is 0 Å². The van der Waals surface area contributed by atoms with Crippen molar-refractivity contribution in [3.63, 3.8) is 0 Å². The van der Waals surface area contributed by atoms with E-state index in [-0.39, 0.29) is 18.7 Å². The smallest absolute Gasteiger partial charge is 0.232 e. The summed E-state index contributed by atoms with van der Waals surface area (Å²) in [5.41, 5.74) is 1.26. The van der Waals surface area contributed by atoms with Crippen molar-refractivity contribution in [3.05, 3.63) is 59.9 Å². The summed E-state index contributed by atoms with van der Waals surface area (Å²) < 4.78 is 38.1. The van der Waals surface area contributed by atoms with Crippen LogP contribution in [0.15, 0.2) is 48.5 Å². The van der Waals surface area contributed by atoms with E-state index in [1.807, 2.05) is 0 Å². The lowest BCUT2D eigenvalue weighted by molar-refractivity contribution is -0.116. The third-order valence-electron chi connectivity index (χ3n) is 3.63. The summed E-state index contributed by atoms with van der Waals surface area (Å²) >= 11 is 0. The van der Waals surface area contributed by atoms with Crippen LogP contribution in [0.5, 0.6) is 0 Å². The number of carbonyl (C=O) groups excluding carboxylic acids is 2. The molecule has 1 N–H and O–H groups in total. The number of hydrogen-bond donors (Lipinski definition) is 1. The Balaban J connectivity index is 2.07. The van der Waals surface area contributed by atoms with Crippen LogP contribution < -0.4 is 9.62 Å². The molecule has 0 aliphatic rings. The molecule has 0 atom stereocenters. The monoisotopic (exact) mass is 378 g/mol. The molecule has 0 spiro atoms. The fourth-order valence-corrected chi connectivity index (χ4v) is 3.24. The van der Waals surface area contributed by atoms with E-state index in [9.17, 15) is 22.4 Å². The summed E-state index contributed by atoms with van der Waals surface area (Å²) in [5, 5.41) is 2.58. The molecule has 0 saturated heterocycles. The van der Waals surface area contributed by atoms with Gasteiger partial charge >= 0.3 is 0 Å². The van der Waals surface area contributed by atoms with Crippen molar-refractivity contribution in [1.82, 2.24) is 0 Å². The van der Waals surface area contributed by atoms with Gasteiger partial charge in [-0.05, 0) is 55.5 Å². The van der Waals surface area contributed by atoms with Crippen molar-refractivity contribution in [2.75, 3.05) is 22.4 Å². The van der Waals surface area contributed by atoms with Gasteiger partial charge in [0.1, 0.15) is 5.82 Å². The first-order chi connectivity index (χ1) is 12.2. The molecule has 0 bridgehead atoms. The fraction of sp³-hybridized carbons (Fsp3) is 0.222. The largest absolute Gasteiger partial charge is 0.326 e. The molecule has 0 heterocycles. The number of carbonyl (C=O) groups is 2. The minimum atomic E-state index is -3.61. The fourth-order valence-electron chi connectivity index (χ4n) is 2.31. The van der Waals surface area contributed by atoms with Gasteiger partial charge in [-0.2, -0.15) is 0 Å². The number of hydrogen-bond acceptors (Lipinski definition) is 4. The molecule has 0 fully saturated rings. The number of benzene rings is 2. The number of ketones is 1. The van der Waals surface area contributed by atoms with Crippen LogP contribution in [0.4, 0.5) is 15.8 Å². The van der Waals surface area contributed by atoms with Gasteiger partial charge in [-0.25, -0.2) is 12.8 Å². The molecular formula is C18H19FN2O4S. The topological polar surface area (TPSA) is 83.6 Å². The number of amides is 1. The molecule has 0 saturated carbocycles. The first-order valence-electron chi connectivity index (χ1n) is 7.81. The Labute approximate surface area is 151 Å². The zero-order valence-electron chi connectivity index (χ0n) is 14.4. The highest BCUT2D eigenvalue weighted by Gasteiger charge is 2.19. The Kier molecular flexibility index (Phi) is 6.10. The second-order valence-corrected chi connectivity index (χ2v) is 7.65. The molecule has 2 rings (SSSR count). The predicted octanol–water partition coefficient (Wildman–Crippen LogP) is 2.82. The zero-order chi connectivity index (χ0) is 19.3. The number of halogens is 1. The predicted molar refractivity (Wildman–Crippen MR) is 98.3 cm³/mol. The van der Waals surface area contributed by atoms with Gasteiger partial charge in [0.15, 0.2) is 5.78 Å². The van der Waals surface area contributed by atoms with E-state index in [1.165, 1.54) is 55.5 Å². The standard InChI is InChI=1S/C18H19FN2O4S/c1-13(22)14-3-9-17(10-4-14)21(26(2,24)25)12-11-18(23)20-16-7-5-15(19)6-8-16/h3-10H,11-12H2,1-2H3,(H,20,23). The molecule has 0 aliphatic carbocycles. The summed E-state index contributed by atoms with van der Waals surface area (Å²) in [7, 11) is -3.61. The Hall–Kier alpha value is -2.74. The maximum atomic E-state index is 12.9. The summed E-state index contributed by atoms with van der Waals surface area (Å²) in [4.78, 5) is 23.4. The molecule has 6 nitrogen and oxygen atoms in total. The highest BCUT2D eigenvalue weighted by Crippen LogP contribution is 2.19. The number of sulfonamides is 1. The first kappa shape index (κ1) is 19.6. The lowest BCUT2D eigenvalue weighted by Crippen LogP contribution is -2.33. The lowest BCUT2D eigenvalue weighted by Gasteiger charge is -2.22. The van der Waals surface area contributed by atoms with E-state index in [1.54, 1.807) is 0 Å². The lowest BCUT2D eigenvalue weighted by atomic mass is 10.1. The second-order valence-electron chi connectivity index (χ2n) is 5.74. The quantitative estimate of drug-likeness (QED) is 0.751. The second kappa shape index (κ2) is 8.09. The summed E-state index contributed by atoms with van der Waals surface area (Å²) in [6.45, 7) is 1.36. The highest BCUT2D eigenvalue weighted by atomic mass is 32.2. The third-order valence-corrected chi connectivity index (χ3v) is 4.83. The van der Waals surface area contributed by atoms with Crippen LogP contribution in [-0.2, 0) is 14.8 Å². The first-order valence-corrected chi connectivity index (χ1v) is 9.66. The third kappa shape index (κ3) is 5.38. The maximum absolute atomic E-state index is 12.9. The zero-order valence-corrected chi connectivity index (χ0v) is 15.2. The minimum absolute atomic E-state index is 0.0642. The van der Waals surface area contributed by atoms with E-state index in [0.29, 0.717) is 16.9 Å². The summed E-state index contributed by atoms with van der Waals surface area (Å²) in [6.07, 6.45) is 0.961. The van der Waals surface area contributed by atoms with Crippen molar-refractivity contribution in [1.29, 1.82) is 0 Å². The van der Waals surface area contributed by atoms with Crippen molar-refractivity contribution in [2.24, 2.45) is 0 Å². The number of nitrogens with zero attached hydrogens (tertiary/aromatic N) is 1. The van der Waals surface area contributed by atoms with Crippen LogP contribution in [0, 0.1) is 5.82 Å². The van der Waals surface area contributed by atoms with Crippen LogP contribution in [0.2, 0.25) is 0 Å². The molecule has 2 aromatic rings. The van der Waals surface area contributed by atoms with Crippen molar-refractivity contribution in [3.8, 4) is 0 Å². The SMILES string of the molecule is CC(=O)c1ccc(N(CCC(=O)Nc2ccc(F)cc2)S(C)(=O)=O)cc1. The maximum Gasteiger partial charge on any atom is 0.232 e. The van der Waals surface area contributed by atoms with Gasteiger partial charge in [0.05, 0.1) is 11.9 Å². The Morgan fingerprint density at radius 1 is 1.04 bits per heavy atom. The Morgan fingerprint density at radius 2 is 1.62 bits per heavy atom. The molecule has 0 aliphatic heterocycles. The van der Waals surface area contributed by atoms with Gasteiger partial charge in [0.2, 0.25) is 15.9 Å². The molecule has 26 heavy (non-hydrogen) atoms. The molecule has 1 amide bonds. The van der Waals surface area contributed by atoms with Gasteiger partial charge in [-0.3, -0.25) is 13.9 Å². The average molecular weight is 378 g/mol. The van der Waals surface area contributed by atoms with Crippen LogP contribution in [0.1, 0.15) is 23.7 Å². The average Bonchev–Trinajstić information content (AvgIpc) is 2.56. The van der Waals surface area contributed by atoms with Gasteiger partial charge in [-0.15, -0.1) is 0 Å². The minimum Gasteiger partial charge on any atom is -0.326 e. The number of nitrogens with one attached hydrogen (secondary N) is 1. The number of rotatable bonds is 7. The number of Topliss-reactive ketones (excluding diaryl/α,β-unsaturated/α-hetero) is 1. The Bertz CT molecular complexity index is 894. The van der Waals surface area contributed by atoms with E-state index in [4.69, 9.17) is 0 Å². The van der Waals surface area contributed by atoms with Crippen molar-refractivity contribution >= 4 is 33.1 Å². The van der Waals surface area contributed by atoms with Gasteiger partial charge in [-0.1, -0.05) is 0 Å². The molecule has 0 aromatic heterocycles. The number of anilines is 2. The molecular weight excluding hydrogens is 359 g/mol. The van der Waals surface area contributed by atoms with E-state index in [0.717, 1.165) is 10.6 Å². The van der Waals surface area contributed by atoms with E-state index < -0.39 is 21.7 Å². The summed E-state index contributed by atoms with van der Waals surface area (Å²) in [6, 6.07) is 11.4. The van der Waals surface area contributed by atoms with Crippen molar-refractivity contribution < 1.29 is 22.4 Å². The molecule has 0 radical (unpaired) electrons. The van der Waals surface area contributed by atoms with Crippen LogP contribution in [0.3, 0.4) is 0 Å². The highest BCUT2D eigenvalue weighted by molar-refractivity contribution is 7.92. The van der Waals surface area contributed by atoms with E-state index >= 15 is 0 Å². The molecule has 2 aromatic carbocycles. The summed E-state index contributed by atoms with van der Waals surface area (Å²) in [5.74, 6) is -0.938. The molecule has 0 unspecified atom stereocenters. The normalized spacial score (nSPS) is 11.0.